The lowest BCUT2D eigenvalue weighted by Crippen LogP contribution is -2.07. The fourth-order valence-electron chi connectivity index (χ4n) is 1.24. The predicted molar refractivity (Wildman–Crippen MR) is 62.8 cm³/mol. The van der Waals surface area contributed by atoms with Crippen molar-refractivity contribution in [3.63, 3.8) is 0 Å². The second kappa shape index (κ2) is 4.27. The Kier molecular flexibility index (Phi) is 2.82. The van der Waals surface area contributed by atoms with Gasteiger partial charge < -0.3 is 11.1 Å². The van der Waals surface area contributed by atoms with E-state index in [1.165, 1.54) is 4.88 Å². The lowest BCUT2D eigenvalue weighted by atomic mass is 10.3. The Balaban J connectivity index is 2.06. The fraction of sp³-hybridized carbons (Fsp3) is 0.200. The van der Waals surface area contributed by atoms with Crippen molar-refractivity contribution in [2.45, 2.75) is 13.0 Å². The second-order valence-corrected chi connectivity index (χ2v) is 4.19. The molecule has 0 aliphatic carbocycles. The van der Waals surface area contributed by atoms with Crippen molar-refractivity contribution < 1.29 is 0 Å². The number of thiophene rings is 1. The minimum Gasteiger partial charge on any atom is -0.382 e. The molecule has 0 spiro atoms. The standard InChI is InChI=1S/C10H12N4S/c1-7(8-3-2-4-15-8)14-10-6-12-9(11)5-13-10/h2-7H,1H3,(H2,11,12)(H,13,14). The van der Waals surface area contributed by atoms with Crippen LogP contribution in [0.15, 0.2) is 29.9 Å². The molecule has 1 atom stereocenters. The minimum atomic E-state index is 0.239. The highest BCUT2D eigenvalue weighted by atomic mass is 32.1. The molecule has 0 bridgehead atoms. The molecule has 4 nitrogen and oxygen atoms in total. The molecule has 0 amide bonds. The van der Waals surface area contributed by atoms with Gasteiger partial charge in [-0.25, -0.2) is 9.97 Å². The molecule has 0 aliphatic rings. The Hall–Kier alpha value is -1.62. The van der Waals surface area contributed by atoms with Crippen LogP contribution in [0.4, 0.5) is 11.6 Å². The molecule has 2 rings (SSSR count). The van der Waals surface area contributed by atoms with Crippen molar-refractivity contribution in [3.8, 4) is 0 Å². The number of nitrogens with zero attached hydrogens (tertiary/aromatic N) is 2. The molecule has 0 aliphatic heterocycles. The zero-order chi connectivity index (χ0) is 10.7. The summed E-state index contributed by atoms with van der Waals surface area (Å²) in [6.07, 6.45) is 3.18. The molecular formula is C10H12N4S. The van der Waals surface area contributed by atoms with Crippen molar-refractivity contribution in [2.75, 3.05) is 11.1 Å². The number of anilines is 2. The predicted octanol–water partition coefficient (Wildman–Crippen LogP) is 2.29. The SMILES string of the molecule is CC(Nc1cnc(N)cn1)c1cccs1. The van der Waals surface area contributed by atoms with Gasteiger partial charge in [-0.1, -0.05) is 6.07 Å². The van der Waals surface area contributed by atoms with Gasteiger partial charge in [-0.2, -0.15) is 0 Å². The summed E-state index contributed by atoms with van der Waals surface area (Å²) >= 11 is 1.72. The summed E-state index contributed by atoms with van der Waals surface area (Å²) in [5, 5.41) is 5.31. The molecule has 2 heterocycles. The van der Waals surface area contributed by atoms with Crippen molar-refractivity contribution in [2.24, 2.45) is 0 Å². The molecule has 0 fully saturated rings. The van der Waals surface area contributed by atoms with E-state index >= 15 is 0 Å². The molecule has 5 heteroatoms. The third-order valence-electron chi connectivity index (χ3n) is 2.01. The van der Waals surface area contributed by atoms with Crippen molar-refractivity contribution >= 4 is 23.0 Å². The van der Waals surface area contributed by atoms with Gasteiger partial charge in [0.1, 0.15) is 11.6 Å². The number of rotatable bonds is 3. The summed E-state index contributed by atoms with van der Waals surface area (Å²) in [5.74, 6) is 1.18. The number of nitrogens with two attached hydrogens (primary N) is 1. The van der Waals surface area contributed by atoms with E-state index in [4.69, 9.17) is 5.73 Å². The zero-order valence-corrected chi connectivity index (χ0v) is 9.16. The van der Waals surface area contributed by atoms with Gasteiger partial charge in [-0.15, -0.1) is 11.3 Å². The lowest BCUT2D eigenvalue weighted by molar-refractivity contribution is 0.893. The molecular weight excluding hydrogens is 208 g/mol. The lowest BCUT2D eigenvalue weighted by Gasteiger charge is -2.12. The number of hydrogen-bond acceptors (Lipinski definition) is 5. The average molecular weight is 220 g/mol. The van der Waals surface area contributed by atoms with Gasteiger partial charge in [-0.3, -0.25) is 0 Å². The van der Waals surface area contributed by atoms with Gasteiger partial charge in [0.2, 0.25) is 0 Å². The quantitative estimate of drug-likeness (QED) is 0.833. The summed E-state index contributed by atoms with van der Waals surface area (Å²) in [5.41, 5.74) is 5.45. The topological polar surface area (TPSA) is 63.8 Å². The first-order chi connectivity index (χ1) is 7.25. The molecule has 2 aromatic heterocycles. The fourth-order valence-corrected chi connectivity index (χ4v) is 1.98. The molecule has 0 aromatic carbocycles. The van der Waals surface area contributed by atoms with E-state index in [1.807, 2.05) is 6.07 Å². The van der Waals surface area contributed by atoms with Crippen LogP contribution in [0.25, 0.3) is 0 Å². The van der Waals surface area contributed by atoms with E-state index in [9.17, 15) is 0 Å². The van der Waals surface area contributed by atoms with Crippen LogP contribution in [0, 0.1) is 0 Å². The molecule has 0 saturated carbocycles. The molecule has 78 valence electrons. The van der Waals surface area contributed by atoms with Gasteiger partial charge >= 0.3 is 0 Å². The first-order valence-electron chi connectivity index (χ1n) is 4.63. The summed E-state index contributed by atoms with van der Waals surface area (Å²) in [6, 6.07) is 4.36. The Morgan fingerprint density at radius 2 is 2.27 bits per heavy atom. The molecule has 0 radical (unpaired) electrons. The van der Waals surface area contributed by atoms with Gasteiger partial charge in [0.25, 0.3) is 0 Å². The normalized spacial score (nSPS) is 12.3. The third kappa shape index (κ3) is 2.44. The monoisotopic (exact) mass is 220 g/mol. The Bertz CT molecular complexity index is 409. The summed E-state index contributed by atoms with van der Waals surface area (Å²) in [4.78, 5) is 9.38. The zero-order valence-electron chi connectivity index (χ0n) is 8.34. The van der Waals surface area contributed by atoms with Gasteiger partial charge in [-0.05, 0) is 18.4 Å². The largest absolute Gasteiger partial charge is 0.382 e. The molecule has 3 N–H and O–H groups in total. The van der Waals surface area contributed by atoms with E-state index in [0.717, 1.165) is 5.82 Å². The van der Waals surface area contributed by atoms with Crippen molar-refractivity contribution in [3.05, 3.63) is 34.8 Å². The molecule has 15 heavy (non-hydrogen) atoms. The first kappa shape index (κ1) is 9.92. The van der Waals surface area contributed by atoms with E-state index in [0.29, 0.717) is 5.82 Å². The van der Waals surface area contributed by atoms with Crippen molar-refractivity contribution in [1.82, 2.24) is 9.97 Å². The number of aromatic nitrogens is 2. The van der Waals surface area contributed by atoms with Crippen LogP contribution in [-0.2, 0) is 0 Å². The van der Waals surface area contributed by atoms with E-state index < -0.39 is 0 Å². The number of hydrogen-bond donors (Lipinski definition) is 2. The van der Waals surface area contributed by atoms with Gasteiger partial charge in [0, 0.05) is 4.88 Å². The van der Waals surface area contributed by atoms with Crippen LogP contribution in [-0.4, -0.2) is 9.97 Å². The Morgan fingerprint density at radius 3 is 2.87 bits per heavy atom. The van der Waals surface area contributed by atoms with E-state index in [1.54, 1.807) is 23.7 Å². The summed E-state index contributed by atoms with van der Waals surface area (Å²) in [6.45, 7) is 2.09. The van der Waals surface area contributed by atoms with Crippen LogP contribution >= 0.6 is 11.3 Å². The average Bonchev–Trinajstić information content (AvgIpc) is 2.74. The van der Waals surface area contributed by atoms with E-state index in [-0.39, 0.29) is 6.04 Å². The summed E-state index contributed by atoms with van der Waals surface area (Å²) in [7, 11) is 0. The molecule has 0 saturated heterocycles. The van der Waals surface area contributed by atoms with Gasteiger partial charge in [0.15, 0.2) is 0 Å². The molecule has 2 aromatic rings. The third-order valence-corrected chi connectivity index (χ3v) is 3.06. The van der Waals surface area contributed by atoms with Crippen LogP contribution in [0.1, 0.15) is 17.8 Å². The van der Waals surface area contributed by atoms with Crippen LogP contribution in [0.3, 0.4) is 0 Å². The maximum Gasteiger partial charge on any atom is 0.145 e. The minimum absolute atomic E-state index is 0.239. The first-order valence-corrected chi connectivity index (χ1v) is 5.51. The maximum atomic E-state index is 5.45. The van der Waals surface area contributed by atoms with Crippen LogP contribution in [0.2, 0.25) is 0 Å². The van der Waals surface area contributed by atoms with Gasteiger partial charge in [0.05, 0.1) is 18.4 Å². The van der Waals surface area contributed by atoms with Crippen molar-refractivity contribution in [1.29, 1.82) is 0 Å². The highest BCUT2D eigenvalue weighted by molar-refractivity contribution is 7.10. The summed E-state index contributed by atoms with van der Waals surface area (Å²) < 4.78 is 0. The number of nitrogens with one attached hydrogen (secondary N) is 1. The van der Waals surface area contributed by atoms with Crippen LogP contribution in [0.5, 0.6) is 0 Å². The molecule has 1 unspecified atom stereocenters. The number of nitrogen functional groups attached to an aromatic ring is 1. The smallest absolute Gasteiger partial charge is 0.145 e. The Labute approximate surface area is 92.2 Å². The van der Waals surface area contributed by atoms with E-state index in [2.05, 4.69) is 33.7 Å². The Morgan fingerprint density at radius 1 is 1.40 bits per heavy atom. The maximum absolute atomic E-state index is 5.45. The highest BCUT2D eigenvalue weighted by Crippen LogP contribution is 2.21. The second-order valence-electron chi connectivity index (χ2n) is 3.21. The van der Waals surface area contributed by atoms with Crippen LogP contribution < -0.4 is 11.1 Å². The highest BCUT2D eigenvalue weighted by Gasteiger charge is 2.06.